The topological polar surface area (TPSA) is 52.3 Å². The summed E-state index contributed by atoms with van der Waals surface area (Å²) in [6.45, 7) is 5.84. The molecular formula is C25H30N4O2. The molecule has 1 aromatic carbocycles. The number of benzene rings is 1. The third kappa shape index (κ3) is 3.92. The summed E-state index contributed by atoms with van der Waals surface area (Å²) in [4.78, 5) is 15.5. The standard InChI is InChI=1S/C25H30N4O2/c1-3-28-11-10-21(26-28)17-27-15-19-14-20(16-27)24(29-23(19)8-5-9-25(29)30)13-18-6-4-7-22(12-18)31-2/h4-12,19-20,24H,3,13-17H2,1-2H3/t19-,20+,24+/m1/s1. The Kier molecular flexibility index (Phi) is 5.40. The number of ether oxygens (including phenoxy) is 1. The van der Waals surface area contributed by atoms with Gasteiger partial charge in [-0.2, -0.15) is 5.10 Å². The van der Waals surface area contributed by atoms with Crippen molar-refractivity contribution in [1.29, 1.82) is 0 Å². The molecule has 2 bridgehead atoms. The highest BCUT2D eigenvalue weighted by Crippen LogP contribution is 2.42. The summed E-state index contributed by atoms with van der Waals surface area (Å²) < 4.78 is 9.50. The average Bonchev–Trinajstić information content (AvgIpc) is 3.24. The molecule has 1 saturated heterocycles. The molecule has 5 rings (SSSR count). The predicted molar refractivity (Wildman–Crippen MR) is 120 cm³/mol. The Morgan fingerprint density at radius 1 is 1.13 bits per heavy atom. The van der Waals surface area contributed by atoms with E-state index in [9.17, 15) is 4.79 Å². The second-order valence-corrected chi connectivity index (χ2v) is 8.83. The minimum atomic E-state index is 0.121. The quantitative estimate of drug-likeness (QED) is 0.615. The molecule has 6 nitrogen and oxygen atoms in total. The van der Waals surface area contributed by atoms with Gasteiger partial charge >= 0.3 is 0 Å². The maximum absolute atomic E-state index is 12.9. The monoisotopic (exact) mass is 418 g/mol. The number of fused-ring (bicyclic) bond motifs is 4. The fourth-order valence-corrected chi connectivity index (χ4v) is 5.46. The lowest BCUT2D eigenvalue weighted by Crippen LogP contribution is -2.49. The fourth-order valence-electron chi connectivity index (χ4n) is 5.46. The van der Waals surface area contributed by atoms with Crippen molar-refractivity contribution in [3.63, 3.8) is 0 Å². The van der Waals surface area contributed by atoms with Crippen LogP contribution in [0.5, 0.6) is 5.75 Å². The van der Waals surface area contributed by atoms with E-state index in [1.807, 2.05) is 22.9 Å². The molecule has 3 aromatic rings. The van der Waals surface area contributed by atoms with Gasteiger partial charge in [0, 0.05) is 56.1 Å². The summed E-state index contributed by atoms with van der Waals surface area (Å²) in [5.74, 6) is 1.69. The molecule has 0 amide bonds. The van der Waals surface area contributed by atoms with E-state index in [-0.39, 0.29) is 11.6 Å². The largest absolute Gasteiger partial charge is 0.497 e. The summed E-state index contributed by atoms with van der Waals surface area (Å²) in [5.41, 5.74) is 3.63. The normalized spacial score (nSPS) is 22.8. The van der Waals surface area contributed by atoms with E-state index in [2.05, 4.69) is 52.0 Å². The van der Waals surface area contributed by atoms with E-state index in [1.54, 1.807) is 13.2 Å². The third-order valence-electron chi connectivity index (χ3n) is 6.86. The Bertz CT molecular complexity index is 1120. The lowest BCUT2D eigenvalue weighted by molar-refractivity contribution is 0.0843. The molecule has 0 aliphatic carbocycles. The predicted octanol–water partition coefficient (Wildman–Crippen LogP) is 3.48. The molecule has 1 fully saturated rings. The zero-order chi connectivity index (χ0) is 21.4. The van der Waals surface area contributed by atoms with Crippen LogP contribution in [0.4, 0.5) is 0 Å². The molecule has 2 aliphatic heterocycles. The molecule has 0 radical (unpaired) electrons. The number of hydrogen-bond donors (Lipinski definition) is 0. The number of aryl methyl sites for hydroxylation is 1. The molecule has 0 unspecified atom stereocenters. The zero-order valence-corrected chi connectivity index (χ0v) is 18.3. The van der Waals surface area contributed by atoms with Crippen molar-refractivity contribution in [2.45, 2.75) is 44.8 Å². The summed E-state index contributed by atoms with van der Waals surface area (Å²) in [5, 5.41) is 4.69. The van der Waals surface area contributed by atoms with Crippen LogP contribution in [-0.4, -0.2) is 39.4 Å². The highest BCUT2D eigenvalue weighted by atomic mass is 16.5. The van der Waals surface area contributed by atoms with Gasteiger partial charge in [0.25, 0.3) is 5.56 Å². The van der Waals surface area contributed by atoms with Crippen LogP contribution in [0, 0.1) is 5.92 Å². The van der Waals surface area contributed by atoms with Gasteiger partial charge < -0.3 is 9.30 Å². The van der Waals surface area contributed by atoms with Crippen LogP contribution in [0.3, 0.4) is 0 Å². The van der Waals surface area contributed by atoms with Crippen molar-refractivity contribution in [3.8, 4) is 5.75 Å². The number of methoxy groups -OCH3 is 1. The maximum Gasteiger partial charge on any atom is 0.251 e. The molecule has 0 spiro atoms. The summed E-state index contributed by atoms with van der Waals surface area (Å²) in [6.07, 6.45) is 4.03. The van der Waals surface area contributed by atoms with Crippen LogP contribution in [-0.2, 0) is 19.5 Å². The molecule has 31 heavy (non-hydrogen) atoms. The van der Waals surface area contributed by atoms with Gasteiger partial charge in [0.15, 0.2) is 0 Å². The van der Waals surface area contributed by atoms with E-state index < -0.39 is 0 Å². The molecular weight excluding hydrogens is 388 g/mol. The van der Waals surface area contributed by atoms with Gasteiger partial charge in [0.05, 0.1) is 12.8 Å². The van der Waals surface area contributed by atoms with E-state index in [1.165, 1.54) is 11.3 Å². The van der Waals surface area contributed by atoms with E-state index in [4.69, 9.17) is 4.74 Å². The fraction of sp³-hybridized carbons (Fsp3) is 0.440. The first-order valence-electron chi connectivity index (χ1n) is 11.2. The summed E-state index contributed by atoms with van der Waals surface area (Å²) >= 11 is 0. The van der Waals surface area contributed by atoms with Gasteiger partial charge in [-0.05, 0) is 55.5 Å². The molecule has 2 aromatic heterocycles. The second kappa shape index (κ2) is 8.35. The first kappa shape index (κ1) is 20.1. The van der Waals surface area contributed by atoms with Gasteiger partial charge in [-0.15, -0.1) is 0 Å². The Balaban J connectivity index is 1.46. The van der Waals surface area contributed by atoms with E-state index in [0.29, 0.717) is 11.8 Å². The lowest BCUT2D eigenvalue weighted by Gasteiger charge is -2.47. The van der Waals surface area contributed by atoms with Crippen molar-refractivity contribution in [2.75, 3.05) is 20.2 Å². The lowest BCUT2D eigenvalue weighted by atomic mass is 9.76. The van der Waals surface area contributed by atoms with Gasteiger partial charge in [-0.3, -0.25) is 14.4 Å². The van der Waals surface area contributed by atoms with Crippen molar-refractivity contribution >= 4 is 0 Å². The van der Waals surface area contributed by atoms with Gasteiger partial charge in [0.1, 0.15) is 5.75 Å². The van der Waals surface area contributed by atoms with Gasteiger partial charge in [-0.1, -0.05) is 18.2 Å². The van der Waals surface area contributed by atoms with Gasteiger partial charge in [-0.25, -0.2) is 0 Å². The van der Waals surface area contributed by atoms with Crippen molar-refractivity contribution in [3.05, 3.63) is 82.0 Å². The highest BCUT2D eigenvalue weighted by molar-refractivity contribution is 5.30. The smallest absolute Gasteiger partial charge is 0.251 e. The number of pyridine rings is 1. The Morgan fingerprint density at radius 2 is 2.00 bits per heavy atom. The van der Waals surface area contributed by atoms with Gasteiger partial charge in [0.2, 0.25) is 0 Å². The minimum absolute atomic E-state index is 0.121. The third-order valence-corrected chi connectivity index (χ3v) is 6.86. The van der Waals surface area contributed by atoms with E-state index >= 15 is 0 Å². The van der Waals surface area contributed by atoms with Crippen LogP contribution in [0.15, 0.2) is 59.5 Å². The van der Waals surface area contributed by atoms with Crippen LogP contribution < -0.4 is 10.3 Å². The number of nitrogens with zero attached hydrogens (tertiary/aromatic N) is 4. The Labute approximate surface area is 183 Å². The van der Waals surface area contributed by atoms with E-state index in [0.717, 1.165) is 50.5 Å². The highest BCUT2D eigenvalue weighted by Gasteiger charge is 2.40. The molecule has 2 aliphatic rings. The summed E-state index contributed by atoms with van der Waals surface area (Å²) in [6, 6.07) is 16.3. The van der Waals surface area contributed by atoms with Crippen molar-refractivity contribution < 1.29 is 4.74 Å². The molecule has 0 N–H and O–H groups in total. The first-order chi connectivity index (χ1) is 15.1. The molecule has 0 saturated carbocycles. The number of hydrogen-bond acceptors (Lipinski definition) is 4. The molecule has 6 heteroatoms. The Morgan fingerprint density at radius 3 is 2.81 bits per heavy atom. The van der Waals surface area contributed by atoms with Crippen LogP contribution in [0.2, 0.25) is 0 Å². The van der Waals surface area contributed by atoms with Crippen LogP contribution >= 0.6 is 0 Å². The number of likely N-dealkylation sites (tertiary alicyclic amines) is 1. The van der Waals surface area contributed by atoms with Crippen molar-refractivity contribution in [1.82, 2.24) is 19.2 Å². The van der Waals surface area contributed by atoms with Crippen LogP contribution in [0.1, 0.15) is 42.3 Å². The summed E-state index contributed by atoms with van der Waals surface area (Å²) in [7, 11) is 1.70. The first-order valence-corrected chi connectivity index (χ1v) is 11.2. The minimum Gasteiger partial charge on any atom is -0.497 e. The number of aromatic nitrogens is 3. The molecule has 4 heterocycles. The van der Waals surface area contributed by atoms with Crippen molar-refractivity contribution in [2.24, 2.45) is 5.92 Å². The van der Waals surface area contributed by atoms with Crippen LogP contribution in [0.25, 0.3) is 0 Å². The zero-order valence-electron chi connectivity index (χ0n) is 18.3. The second-order valence-electron chi connectivity index (χ2n) is 8.83. The maximum atomic E-state index is 12.9. The average molecular weight is 419 g/mol. The molecule has 162 valence electrons. The number of rotatable bonds is 6. The number of piperidine rings is 1. The Hall–Kier alpha value is -2.86. The SMILES string of the molecule is CCn1ccc(CN2C[C@H]3C[C@@H](C2)[C@H](Cc2cccc(OC)c2)n2c3cccc2=O)n1. The molecule has 3 atom stereocenters.